The number of aryl methyl sites for hydroxylation is 1. The van der Waals surface area contributed by atoms with Gasteiger partial charge in [0.25, 0.3) is 0 Å². The summed E-state index contributed by atoms with van der Waals surface area (Å²) in [4.78, 5) is 23.7. The zero-order valence-electron chi connectivity index (χ0n) is 21.6. The summed E-state index contributed by atoms with van der Waals surface area (Å²) in [5.74, 6) is 0.175. The number of halogens is 1. The molecule has 36 heavy (non-hydrogen) atoms. The van der Waals surface area contributed by atoms with Crippen LogP contribution in [-0.4, -0.2) is 47.3 Å². The van der Waals surface area contributed by atoms with Gasteiger partial charge in [0, 0.05) is 42.5 Å². The highest BCUT2D eigenvalue weighted by atomic mass is 35.5. The van der Waals surface area contributed by atoms with Crippen molar-refractivity contribution >= 4 is 17.6 Å². The summed E-state index contributed by atoms with van der Waals surface area (Å²) in [5.41, 5.74) is 6.56. The van der Waals surface area contributed by atoms with Crippen LogP contribution in [0.2, 0.25) is 5.02 Å². The Morgan fingerprint density at radius 3 is 2.64 bits per heavy atom. The zero-order chi connectivity index (χ0) is 25.7. The molecule has 1 fully saturated rings. The van der Waals surface area contributed by atoms with E-state index in [2.05, 4.69) is 29.4 Å². The van der Waals surface area contributed by atoms with Crippen LogP contribution in [0.5, 0.6) is 5.75 Å². The Kier molecular flexibility index (Phi) is 9.33. The van der Waals surface area contributed by atoms with Crippen molar-refractivity contribution in [3.63, 3.8) is 0 Å². The molecule has 0 saturated heterocycles. The van der Waals surface area contributed by atoms with Gasteiger partial charge >= 0.3 is 5.97 Å². The normalized spacial score (nSPS) is 22.0. The fourth-order valence-electron chi connectivity index (χ4n) is 4.99. The summed E-state index contributed by atoms with van der Waals surface area (Å²) in [7, 11) is 1.94. The van der Waals surface area contributed by atoms with Crippen LogP contribution in [0.15, 0.2) is 30.5 Å². The molecule has 1 aliphatic heterocycles. The first kappa shape index (κ1) is 27.0. The second kappa shape index (κ2) is 12.4. The highest BCUT2D eigenvalue weighted by Crippen LogP contribution is 2.41. The maximum absolute atomic E-state index is 13.2. The fraction of sp³-hybridized carbons (Fsp3) is 0.556. The molecule has 8 nitrogen and oxygen atoms in total. The van der Waals surface area contributed by atoms with Crippen LogP contribution in [0.1, 0.15) is 74.4 Å². The summed E-state index contributed by atoms with van der Waals surface area (Å²) in [6, 6.07) is 7.60. The van der Waals surface area contributed by atoms with Gasteiger partial charge in [0.2, 0.25) is 0 Å². The van der Waals surface area contributed by atoms with E-state index in [1.807, 2.05) is 49.6 Å². The number of nitrogens with one attached hydrogen (secondary N) is 1. The van der Waals surface area contributed by atoms with Crippen molar-refractivity contribution < 1.29 is 19.1 Å². The number of esters is 1. The number of carbonyl (C=O) groups excluding carboxylic acids is 1. The van der Waals surface area contributed by atoms with Crippen molar-refractivity contribution in [3.8, 4) is 5.75 Å². The molecule has 1 aliphatic carbocycles. The summed E-state index contributed by atoms with van der Waals surface area (Å²) >= 11 is 6.05. The van der Waals surface area contributed by atoms with E-state index < -0.39 is 0 Å². The van der Waals surface area contributed by atoms with Gasteiger partial charge in [-0.15, -0.1) is 5.59 Å². The Labute approximate surface area is 218 Å². The van der Waals surface area contributed by atoms with Gasteiger partial charge in [0.15, 0.2) is 5.75 Å². The average Bonchev–Trinajstić information content (AvgIpc) is 3.16. The lowest BCUT2D eigenvalue weighted by Crippen LogP contribution is -2.49. The largest absolute Gasteiger partial charge is 0.424 e. The van der Waals surface area contributed by atoms with Crippen LogP contribution in [0, 0.1) is 12.8 Å². The van der Waals surface area contributed by atoms with Gasteiger partial charge < -0.3 is 9.47 Å². The maximum Gasteiger partial charge on any atom is 0.314 e. The Morgan fingerprint density at radius 1 is 1.17 bits per heavy atom. The standard InChI is InChI=1S/C27H37ClN4O4/c1-5-32(6-2)31(4)30-36-22-9-7-8-20(12-15-22)27(33)35-25-18(3)29-16-23-24(25)17-34-26(23)19-10-13-21(28)14-11-19/h10-11,13-14,16,20,22,26,30H,5-9,12,15,17H2,1-4H3. The van der Waals surface area contributed by atoms with Gasteiger partial charge in [0.1, 0.15) is 6.10 Å². The smallest absolute Gasteiger partial charge is 0.314 e. The molecule has 2 heterocycles. The highest BCUT2D eigenvalue weighted by molar-refractivity contribution is 6.30. The number of nitrogens with zero attached hydrogens (tertiary/aromatic N) is 3. The van der Waals surface area contributed by atoms with Gasteiger partial charge in [0.05, 0.1) is 24.3 Å². The third-order valence-electron chi connectivity index (χ3n) is 7.16. The molecule has 0 radical (unpaired) electrons. The molecule has 2 aliphatic rings. The molecule has 0 spiro atoms. The summed E-state index contributed by atoms with van der Waals surface area (Å²) in [6.07, 6.45) is 5.75. The van der Waals surface area contributed by atoms with E-state index in [1.165, 1.54) is 0 Å². The van der Waals surface area contributed by atoms with E-state index >= 15 is 0 Å². The van der Waals surface area contributed by atoms with Crippen molar-refractivity contribution in [1.82, 2.24) is 20.7 Å². The summed E-state index contributed by atoms with van der Waals surface area (Å²) in [5, 5.41) is 4.69. The Hall–Kier alpha value is -2.07. The van der Waals surface area contributed by atoms with E-state index in [4.69, 9.17) is 25.9 Å². The number of fused-ring (bicyclic) bond motifs is 1. The topological polar surface area (TPSA) is 76.2 Å². The molecule has 196 valence electrons. The van der Waals surface area contributed by atoms with Crippen molar-refractivity contribution in [2.45, 2.75) is 71.7 Å². The third-order valence-corrected chi connectivity index (χ3v) is 7.41. The first-order valence-corrected chi connectivity index (χ1v) is 13.3. The second-order valence-electron chi connectivity index (χ2n) is 9.47. The number of hydrogen-bond donors (Lipinski definition) is 1. The number of benzene rings is 1. The Bertz CT molecular complexity index is 1030. The molecule has 1 saturated carbocycles. The van der Waals surface area contributed by atoms with Crippen LogP contribution in [0.3, 0.4) is 0 Å². The summed E-state index contributed by atoms with van der Waals surface area (Å²) < 4.78 is 12.1. The lowest BCUT2D eigenvalue weighted by Gasteiger charge is -2.30. The number of hydrazine groups is 2. The van der Waals surface area contributed by atoms with Gasteiger partial charge in [-0.05, 0) is 56.7 Å². The second-order valence-corrected chi connectivity index (χ2v) is 9.91. The fourth-order valence-corrected chi connectivity index (χ4v) is 5.12. The molecule has 1 aromatic heterocycles. The van der Waals surface area contributed by atoms with Crippen LogP contribution < -0.4 is 10.3 Å². The molecule has 2 aromatic rings. The first-order chi connectivity index (χ1) is 17.4. The van der Waals surface area contributed by atoms with Gasteiger partial charge in [-0.1, -0.05) is 37.6 Å². The van der Waals surface area contributed by atoms with Crippen molar-refractivity contribution in [2.24, 2.45) is 5.92 Å². The SMILES string of the molecule is CCN(CC)N(C)NOC1CCCC(C(=O)Oc2c(C)ncc3c2COC3c2ccc(Cl)cc2)CC1. The predicted octanol–water partition coefficient (Wildman–Crippen LogP) is 5.14. The third kappa shape index (κ3) is 6.25. The molecule has 1 N–H and O–H groups in total. The van der Waals surface area contributed by atoms with Gasteiger partial charge in [-0.2, -0.15) is 5.12 Å². The molecule has 3 atom stereocenters. The monoisotopic (exact) mass is 516 g/mol. The van der Waals surface area contributed by atoms with Crippen LogP contribution in [0.25, 0.3) is 0 Å². The predicted molar refractivity (Wildman–Crippen MR) is 138 cm³/mol. The molecule has 1 aromatic carbocycles. The molecule has 0 amide bonds. The molecule has 0 bridgehead atoms. The Balaban J connectivity index is 1.38. The number of aromatic nitrogens is 1. The van der Waals surface area contributed by atoms with E-state index in [1.54, 1.807) is 0 Å². The van der Waals surface area contributed by atoms with Crippen LogP contribution in [0.4, 0.5) is 0 Å². The van der Waals surface area contributed by atoms with Crippen molar-refractivity contribution in [1.29, 1.82) is 0 Å². The summed E-state index contributed by atoms with van der Waals surface area (Å²) in [6.45, 7) is 8.24. The molecule has 3 unspecified atom stereocenters. The van der Waals surface area contributed by atoms with Crippen LogP contribution >= 0.6 is 11.6 Å². The number of rotatable bonds is 9. The number of carbonyl (C=O) groups is 1. The quantitative estimate of drug-likeness (QED) is 0.279. The minimum atomic E-state index is -0.249. The lowest BCUT2D eigenvalue weighted by molar-refractivity contribution is -0.195. The average molecular weight is 517 g/mol. The van der Waals surface area contributed by atoms with E-state index in [0.29, 0.717) is 23.1 Å². The number of ether oxygens (including phenoxy) is 2. The van der Waals surface area contributed by atoms with Crippen molar-refractivity contribution in [2.75, 3.05) is 20.1 Å². The van der Waals surface area contributed by atoms with E-state index in [-0.39, 0.29) is 24.1 Å². The zero-order valence-corrected chi connectivity index (χ0v) is 22.4. The van der Waals surface area contributed by atoms with Crippen molar-refractivity contribution in [3.05, 3.63) is 57.9 Å². The van der Waals surface area contributed by atoms with E-state index in [9.17, 15) is 4.79 Å². The minimum Gasteiger partial charge on any atom is -0.424 e. The van der Waals surface area contributed by atoms with Gasteiger partial charge in [-0.3, -0.25) is 14.6 Å². The maximum atomic E-state index is 13.2. The lowest BCUT2D eigenvalue weighted by atomic mass is 9.99. The van der Waals surface area contributed by atoms with Crippen LogP contribution in [-0.2, 0) is 21.0 Å². The molecule has 9 heteroatoms. The van der Waals surface area contributed by atoms with Gasteiger partial charge in [-0.25, -0.2) is 5.01 Å². The minimum absolute atomic E-state index is 0.0544. The van der Waals surface area contributed by atoms with E-state index in [0.717, 1.165) is 61.9 Å². The molecular weight excluding hydrogens is 480 g/mol. The molecular formula is C27H37ClN4O4. The Morgan fingerprint density at radius 2 is 1.92 bits per heavy atom. The molecule has 4 rings (SSSR count). The first-order valence-electron chi connectivity index (χ1n) is 12.9. The number of hydrogen-bond acceptors (Lipinski definition) is 8. The number of pyridine rings is 1. The highest BCUT2D eigenvalue weighted by Gasteiger charge is 2.32.